The Kier molecular flexibility index (Phi) is 11.9. The lowest BCUT2D eigenvalue weighted by atomic mass is 9.82. The molecule has 0 bridgehead atoms. The number of alkyl halides is 3. The predicted molar refractivity (Wildman–Crippen MR) is 192 cm³/mol. The van der Waals surface area contributed by atoms with Crippen LogP contribution in [0.1, 0.15) is 78.6 Å². The highest BCUT2D eigenvalue weighted by Gasteiger charge is 2.61. The molecule has 6 rings (SSSR count). The van der Waals surface area contributed by atoms with E-state index in [1.54, 1.807) is 24.3 Å². The van der Waals surface area contributed by atoms with Crippen molar-refractivity contribution in [3.8, 4) is 11.6 Å². The highest BCUT2D eigenvalue weighted by Crippen LogP contribution is 2.58. The molecule has 2 amide bonds. The molecular weight excluding hydrogens is 763 g/mol. The zero-order valence-corrected chi connectivity index (χ0v) is 32.6. The van der Waals surface area contributed by atoms with Gasteiger partial charge in [-0.05, 0) is 87.4 Å². The summed E-state index contributed by atoms with van der Waals surface area (Å²) in [7, 11) is -2.90. The van der Waals surface area contributed by atoms with Crippen LogP contribution in [0.5, 0.6) is 11.6 Å². The SMILES string of the molecule is CC[C@@H]1C[C@]1(CC(=O)[C@@H]1C[C@@H](Oc2nccc3cc(OC)ccc23)CN1C(=O)[C@@H](CC(=O)OC(C)(C)C(F)(F)F)C1CCOCC1)C(=O)NS(=O)(=O)OC1CC1. The van der Waals surface area contributed by atoms with Crippen LogP contribution in [0.2, 0.25) is 0 Å². The van der Waals surface area contributed by atoms with Gasteiger partial charge in [0.15, 0.2) is 5.78 Å². The van der Waals surface area contributed by atoms with Crippen LogP contribution in [0.3, 0.4) is 0 Å². The lowest BCUT2D eigenvalue weighted by molar-refractivity contribution is -0.257. The summed E-state index contributed by atoms with van der Waals surface area (Å²) in [5.41, 5.74) is -4.19. The molecule has 1 aromatic carbocycles. The molecule has 0 spiro atoms. The van der Waals surface area contributed by atoms with Gasteiger partial charge in [-0.15, -0.1) is 0 Å². The average Bonchev–Trinajstić information content (AvgIpc) is 4.05. The standard InChI is InChI=1S/C38H48F3N3O11S/c1-5-24-19-37(24,35(48)43-56(49,50)55-25-6-7-25)20-31(45)30-17-27(53-33-28-9-8-26(51-4)16-23(28)10-13-42-33)21-44(30)34(47)29(22-11-14-52-15-12-22)18-32(46)54-36(2,3)38(39,40)41/h8-10,13,16,22,24-25,27,29-30H,5-7,11-12,14-15,17-21H2,1-4H3,(H,43,48)/t24-,27-,29+,30+,37-/m1/s1. The largest absolute Gasteiger partial charge is 0.497 e. The molecule has 3 heterocycles. The van der Waals surface area contributed by atoms with Crippen LogP contribution in [0.25, 0.3) is 10.8 Å². The molecule has 1 aromatic heterocycles. The number of pyridine rings is 1. The first-order chi connectivity index (χ1) is 26.4. The van der Waals surface area contributed by atoms with E-state index in [2.05, 4.69) is 4.98 Å². The van der Waals surface area contributed by atoms with Crippen molar-refractivity contribution in [2.75, 3.05) is 26.9 Å². The first kappa shape index (κ1) is 41.6. The van der Waals surface area contributed by atoms with E-state index in [0.29, 0.717) is 43.2 Å². The van der Waals surface area contributed by atoms with Gasteiger partial charge >= 0.3 is 22.4 Å². The molecule has 5 atom stereocenters. The van der Waals surface area contributed by atoms with Crippen LogP contribution in [0.15, 0.2) is 30.5 Å². The average molecular weight is 812 g/mol. The van der Waals surface area contributed by atoms with Crippen molar-refractivity contribution in [3.63, 3.8) is 0 Å². The molecule has 2 saturated heterocycles. The fourth-order valence-electron chi connectivity index (χ4n) is 7.79. The second-order valence-electron chi connectivity index (χ2n) is 15.7. The summed E-state index contributed by atoms with van der Waals surface area (Å²) >= 11 is 0. The van der Waals surface area contributed by atoms with Crippen LogP contribution < -0.4 is 14.2 Å². The number of carbonyl (C=O) groups excluding carboxylic acids is 4. The maximum atomic E-state index is 14.7. The Bertz CT molecular complexity index is 1930. The number of aromatic nitrogens is 1. The van der Waals surface area contributed by atoms with Crippen LogP contribution in [-0.4, -0.2) is 98.8 Å². The first-order valence-corrected chi connectivity index (χ1v) is 20.3. The molecule has 0 radical (unpaired) electrons. The second kappa shape index (κ2) is 16.1. The molecule has 1 N–H and O–H groups in total. The molecular formula is C38H48F3N3O11S. The minimum atomic E-state index is -4.87. The molecule has 0 unspecified atom stereocenters. The lowest BCUT2D eigenvalue weighted by Gasteiger charge is -2.35. The van der Waals surface area contributed by atoms with Gasteiger partial charge in [0.25, 0.3) is 0 Å². The number of ether oxygens (including phenoxy) is 4. The van der Waals surface area contributed by atoms with Crippen LogP contribution in [-0.2, 0) is 43.1 Å². The topological polar surface area (TPSA) is 177 Å². The number of esters is 1. The maximum Gasteiger partial charge on any atom is 0.427 e. The number of methoxy groups -OCH3 is 1. The van der Waals surface area contributed by atoms with Gasteiger partial charge in [-0.25, -0.2) is 9.71 Å². The number of fused-ring (bicyclic) bond motifs is 1. The molecule has 18 heteroatoms. The minimum absolute atomic E-state index is 0.0393. The number of amides is 2. The number of nitrogens with zero attached hydrogens (tertiary/aromatic N) is 2. The van der Waals surface area contributed by atoms with Gasteiger partial charge in [-0.3, -0.25) is 23.4 Å². The van der Waals surface area contributed by atoms with E-state index in [-0.39, 0.29) is 44.4 Å². The van der Waals surface area contributed by atoms with Crippen molar-refractivity contribution in [3.05, 3.63) is 30.5 Å². The van der Waals surface area contributed by atoms with E-state index in [9.17, 15) is 40.8 Å². The van der Waals surface area contributed by atoms with E-state index in [1.807, 2.05) is 11.6 Å². The lowest BCUT2D eigenvalue weighted by Crippen LogP contribution is -2.49. The maximum absolute atomic E-state index is 14.7. The molecule has 56 heavy (non-hydrogen) atoms. The van der Waals surface area contributed by atoms with Crippen molar-refractivity contribution >= 4 is 44.6 Å². The van der Waals surface area contributed by atoms with E-state index in [1.165, 1.54) is 18.2 Å². The fourth-order valence-corrected chi connectivity index (χ4v) is 8.82. The number of rotatable bonds is 16. The molecule has 4 fully saturated rings. The van der Waals surface area contributed by atoms with Crippen LogP contribution in [0.4, 0.5) is 13.2 Å². The Morgan fingerprint density at radius 2 is 1.79 bits per heavy atom. The van der Waals surface area contributed by atoms with Crippen LogP contribution >= 0.6 is 0 Å². The fraction of sp³-hybridized carbons (Fsp3) is 0.658. The predicted octanol–water partition coefficient (Wildman–Crippen LogP) is 4.82. The van der Waals surface area contributed by atoms with Gasteiger partial charge < -0.3 is 23.8 Å². The van der Waals surface area contributed by atoms with E-state index < -0.39 is 94.0 Å². The number of hydrogen-bond donors (Lipinski definition) is 1. The monoisotopic (exact) mass is 811 g/mol. The smallest absolute Gasteiger partial charge is 0.427 e. The summed E-state index contributed by atoms with van der Waals surface area (Å²) in [4.78, 5) is 61.6. The van der Waals surface area contributed by atoms with Crippen molar-refractivity contribution in [1.82, 2.24) is 14.6 Å². The van der Waals surface area contributed by atoms with Gasteiger partial charge in [0.2, 0.25) is 23.3 Å². The number of carbonyl (C=O) groups is 4. The zero-order valence-electron chi connectivity index (χ0n) is 31.8. The third-order valence-electron chi connectivity index (χ3n) is 11.4. The summed E-state index contributed by atoms with van der Waals surface area (Å²) in [6.45, 7) is 3.63. The quantitative estimate of drug-likeness (QED) is 0.229. The number of nitrogens with one attached hydrogen (secondary N) is 1. The van der Waals surface area contributed by atoms with Crippen molar-refractivity contribution in [1.29, 1.82) is 0 Å². The first-order valence-electron chi connectivity index (χ1n) is 18.9. The molecule has 14 nitrogen and oxygen atoms in total. The summed E-state index contributed by atoms with van der Waals surface area (Å²) in [5.74, 6) is -4.42. The number of Topliss-reactive ketones (excluding diaryl/α,β-unsaturated/α-hetero) is 1. The number of halogens is 3. The van der Waals surface area contributed by atoms with Crippen molar-refractivity contribution in [2.45, 2.75) is 109 Å². The van der Waals surface area contributed by atoms with Gasteiger partial charge in [-0.1, -0.05) is 13.3 Å². The third kappa shape index (κ3) is 9.23. The second-order valence-corrected chi connectivity index (χ2v) is 17.0. The Morgan fingerprint density at radius 1 is 1.07 bits per heavy atom. The zero-order chi connectivity index (χ0) is 40.6. The Balaban J connectivity index is 1.29. The Hall–Kier alpha value is -4.03. The highest BCUT2D eigenvalue weighted by atomic mass is 32.2. The molecule has 2 aliphatic carbocycles. The Labute approximate surface area is 323 Å². The third-order valence-corrected chi connectivity index (χ3v) is 12.4. The van der Waals surface area contributed by atoms with Gasteiger partial charge in [0.1, 0.15) is 11.9 Å². The minimum Gasteiger partial charge on any atom is -0.497 e. The van der Waals surface area contributed by atoms with Gasteiger partial charge in [-0.2, -0.15) is 21.6 Å². The summed E-state index contributed by atoms with van der Waals surface area (Å²) in [5, 5.41) is 1.38. The molecule has 308 valence electrons. The normalized spacial score (nSPS) is 25.1. The van der Waals surface area contributed by atoms with Crippen molar-refractivity contribution in [2.24, 2.45) is 23.2 Å². The van der Waals surface area contributed by atoms with Gasteiger partial charge in [0, 0.05) is 37.6 Å². The van der Waals surface area contributed by atoms with Gasteiger partial charge in [0.05, 0.1) is 43.6 Å². The van der Waals surface area contributed by atoms with Crippen molar-refractivity contribution < 1.29 is 63.9 Å². The summed E-state index contributed by atoms with van der Waals surface area (Å²) in [6.07, 6.45) is -3.30. The molecule has 2 aromatic rings. The summed E-state index contributed by atoms with van der Waals surface area (Å²) < 4.78 is 95.3. The van der Waals surface area contributed by atoms with E-state index in [0.717, 1.165) is 19.2 Å². The van der Waals surface area contributed by atoms with Crippen LogP contribution in [0, 0.1) is 23.2 Å². The number of hydrogen-bond acceptors (Lipinski definition) is 12. The Morgan fingerprint density at radius 3 is 2.41 bits per heavy atom. The number of ketones is 1. The number of likely N-dealkylation sites (tertiary alicyclic amines) is 1. The van der Waals surface area contributed by atoms with E-state index in [4.69, 9.17) is 23.1 Å². The highest BCUT2D eigenvalue weighted by molar-refractivity contribution is 7.85. The van der Waals surface area contributed by atoms with E-state index >= 15 is 0 Å². The number of benzene rings is 1. The summed E-state index contributed by atoms with van der Waals surface area (Å²) in [6, 6.07) is 5.85. The molecule has 4 aliphatic rings. The molecule has 2 saturated carbocycles. The molecule has 2 aliphatic heterocycles.